The van der Waals surface area contributed by atoms with Gasteiger partial charge in [0.1, 0.15) is 5.78 Å². The highest BCUT2D eigenvalue weighted by Crippen LogP contribution is 2.51. The Labute approximate surface area is 200 Å². The zero-order valence-electron chi connectivity index (χ0n) is 20.5. The number of Topliss-reactive ketones (excluding diaryl/α,β-unsaturated/α-hetero) is 1. The summed E-state index contributed by atoms with van der Waals surface area (Å²) in [6.45, 7) is 4.38. The van der Waals surface area contributed by atoms with Gasteiger partial charge in [0.2, 0.25) is 0 Å². The highest BCUT2D eigenvalue weighted by molar-refractivity contribution is 5.82. The van der Waals surface area contributed by atoms with Crippen LogP contribution in [0.3, 0.4) is 0 Å². The van der Waals surface area contributed by atoms with Gasteiger partial charge in [0, 0.05) is 12.3 Å². The second-order valence-electron chi connectivity index (χ2n) is 10.5. The minimum absolute atomic E-state index is 0.250. The molecule has 0 saturated heterocycles. The molecular weight excluding hydrogens is 402 g/mol. The second-order valence-corrected chi connectivity index (χ2v) is 10.5. The van der Waals surface area contributed by atoms with Crippen LogP contribution in [0.25, 0.3) is 11.1 Å². The Kier molecular flexibility index (Phi) is 7.69. The van der Waals surface area contributed by atoms with E-state index in [1.54, 1.807) is 0 Å². The minimum Gasteiger partial charge on any atom is -0.299 e. The zero-order valence-corrected chi connectivity index (χ0v) is 20.5. The first kappa shape index (κ1) is 23.7. The smallest absolute Gasteiger partial charge is 0.136 e. The predicted octanol–water partition coefficient (Wildman–Crippen LogP) is 8.26. The van der Waals surface area contributed by atoms with Crippen molar-refractivity contribution in [2.45, 2.75) is 90.4 Å². The fourth-order valence-electron chi connectivity index (χ4n) is 6.38. The van der Waals surface area contributed by atoms with Crippen molar-refractivity contribution in [1.29, 1.82) is 5.26 Å². The molecule has 4 rings (SSSR count). The van der Waals surface area contributed by atoms with Gasteiger partial charge in [-0.2, -0.15) is 5.26 Å². The van der Waals surface area contributed by atoms with E-state index in [1.807, 2.05) is 0 Å². The summed E-state index contributed by atoms with van der Waals surface area (Å²) in [5, 5.41) is 10.2. The van der Waals surface area contributed by atoms with Gasteiger partial charge in [-0.3, -0.25) is 4.79 Å². The van der Waals surface area contributed by atoms with Gasteiger partial charge in [-0.1, -0.05) is 75.2 Å². The molecule has 33 heavy (non-hydrogen) atoms. The molecule has 174 valence electrons. The number of benzene rings is 2. The lowest BCUT2D eigenvalue weighted by Crippen LogP contribution is -2.38. The van der Waals surface area contributed by atoms with Crippen LogP contribution in [-0.4, -0.2) is 5.78 Å². The number of nitriles is 1. The average molecular weight is 442 g/mol. The van der Waals surface area contributed by atoms with Crippen LogP contribution in [0.5, 0.6) is 0 Å². The van der Waals surface area contributed by atoms with Gasteiger partial charge in [-0.25, -0.2) is 0 Å². The molecule has 0 amide bonds. The Morgan fingerprint density at radius 2 is 1.52 bits per heavy atom. The topological polar surface area (TPSA) is 40.9 Å². The molecule has 0 radical (unpaired) electrons. The molecule has 2 atom stereocenters. The van der Waals surface area contributed by atoms with E-state index < -0.39 is 0 Å². The molecule has 0 N–H and O–H groups in total. The van der Waals surface area contributed by atoms with Gasteiger partial charge in [0.05, 0.1) is 11.5 Å². The molecule has 2 aromatic rings. The number of carbonyl (C=O) groups excluding carboxylic acids is 1. The van der Waals surface area contributed by atoms with Crippen molar-refractivity contribution in [2.24, 2.45) is 17.3 Å². The van der Waals surface area contributed by atoms with E-state index in [9.17, 15) is 10.1 Å². The zero-order chi connectivity index (χ0) is 23.3. The Bertz CT molecular complexity index is 957. The number of nitrogens with zero attached hydrogens (tertiary/aromatic N) is 1. The van der Waals surface area contributed by atoms with E-state index >= 15 is 0 Å². The highest BCUT2D eigenvalue weighted by atomic mass is 16.1. The summed E-state index contributed by atoms with van der Waals surface area (Å²) in [5.41, 5.74) is 5.06. The molecule has 0 bridgehead atoms. The summed E-state index contributed by atoms with van der Waals surface area (Å²) in [5.74, 6) is 1.46. The summed E-state index contributed by atoms with van der Waals surface area (Å²) in [6.07, 6.45) is 11.1. The van der Waals surface area contributed by atoms with Crippen molar-refractivity contribution >= 4 is 5.78 Å². The van der Waals surface area contributed by atoms with Crippen LogP contribution < -0.4 is 0 Å². The predicted molar refractivity (Wildman–Crippen MR) is 136 cm³/mol. The van der Waals surface area contributed by atoms with Crippen LogP contribution in [0.4, 0.5) is 0 Å². The SMILES string of the molecule is CCCc1ccc(-c2ccc(C3CCC(C#N)(C4CC[C@@H](CCC)C(=O)C4)CC3)cc2)cc1. The van der Waals surface area contributed by atoms with Gasteiger partial charge in [0.15, 0.2) is 0 Å². The van der Waals surface area contributed by atoms with Crippen molar-refractivity contribution in [3.05, 3.63) is 59.7 Å². The lowest BCUT2D eigenvalue weighted by molar-refractivity contribution is -0.128. The Morgan fingerprint density at radius 3 is 2.06 bits per heavy atom. The van der Waals surface area contributed by atoms with E-state index in [0.717, 1.165) is 57.8 Å². The van der Waals surface area contributed by atoms with Crippen LogP contribution in [0.2, 0.25) is 0 Å². The van der Waals surface area contributed by atoms with Gasteiger partial charge in [-0.15, -0.1) is 0 Å². The first-order valence-corrected chi connectivity index (χ1v) is 13.2. The van der Waals surface area contributed by atoms with Crippen molar-refractivity contribution < 1.29 is 4.79 Å². The highest BCUT2D eigenvalue weighted by Gasteiger charge is 2.45. The number of rotatable bonds is 7. The number of ketones is 1. The largest absolute Gasteiger partial charge is 0.299 e. The third-order valence-electron chi connectivity index (χ3n) is 8.49. The molecule has 2 aliphatic rings. The summed E-state index contributed by atoms with van der Waals surface area (Å²) >= 11 is 0. The van der Waals surface area contributed by atoms with E-state index in [-0.39, 0.29) is 17.3 Å². The maximum absolute atomic E-state index is 12.7. The molecule has 0 aromatic heterocycles. The van der Waals surface area contributed by atoms with Crippen molar-refractivity contribution in [3.63, 3.8) is 0 Å². The molecule has 2 heteroatoms. The normalized spacial score (nSPS) is 27.8. The number of aryl methyl sites for hydroxylation is 1. The lowest BCUT2D eigenvalue weighted by Gasteiger charge is -2.43. The molecule has 2 aromatic carbocycles. The maximum Gasteiger partial charge on any atom is 0.136 e. The van der Waals surface area contributed by atoms with E-state index in [0.29, 0.717) is 18.1 Å². The Hall–Kier alpha value is -2.40. The number of hydrogen-bond donors (Lipinski definition) is 0. The van der Waals surface area contributed by atoms with Gasteiger partial charge >= 0.3 is 0 Å². The molecule has 0 heterocycles. The van der Waals surface area contributed by atoms with Crippen LogP contribution in [0.15, 0.2) is 48.5 Å². The molecule has 1 unspecified atom stereocenters. The summed E-state index contributed by atoms with van der Waals surface area (Å²) in [7, 11) is 0. The lowest BCUT2D eigenvalue weighted by atomic mass is 9.59. The fraction of sp³-hybridized carbons (Fsp3) is 0.548. The van der Waals surface area contributed by atoms with Crippen LogP contribution in [-0.2, 0) is 11.2 Å². The molecule has 0 spiro atoms. The van der Waals surface area contributed by atoms with Crippen molar-refractivity contribution in [3.8, 4) is 17.2 Å². The summed E-state index contributed by atoms with van der Waals surface area (Å²) in [4.78, 5) is 12.7. The van der Waals surface area contributed by atoms with Crippen LogP contribution >= 0.6 is 0 Å². The van der Waals surface area contributed by atoms with Crippen molar-refractivity contribution in [2.75, 3.05) is 0 Å². The van der Waals surface area contributed by atoms with Gasteiger partial charge in [0.25, 0.3) is 0 Å². The summed E-state index contributed by atoms with van der Waals surface area (Å²) in [6, 6.07) is 20.8. The van der Waals surface area contributed by atoms with E-state index in [1.165, 1.54) is 28.7 Å². The third-order valence-corrected chi connectivity index (χ3v) is 8.49. The Morgan fingerprint density at radius 1 is 0.879 bits per heavy atom. The second kappa shape index (κ2) is 10.7. The maximum atomic E-state index is 12.7. The molecule has 2 aliphatic carbocycles. The van der Waals surface area contributed by atoms with Gasteiger partial charge < -0.3 is 0 Å². The standard InChI is InChI=1S/C31H39NO/c1-3-5-23-7-9-24(10-8-23)25-11-13-26(14-12-25)27-17-19-31(22-32,20-18-27)29-16-15-28(6-4-2)30(33)21-29/h7-14,27-29H,3-6,15-21H2,1-2H3/t27?,28-,29?,31?/m1/s1. The van der Waals surface area contributed by atoms with Crippen molar-refractivity contribution in [1.82, 2.24) is 0 Å². The van der Waals surface area contributed by atoms with Crippen LogP contribution in [0, 0.1) is 28.6 Å². The molecular formula is C31H39NO. The Balaban J connectivity index is 1.38. The first-order chi connectivity index (χ1) is 16.1. The number of hydrogen-bond acceptors (Lipinski definition) is 2. The number of carbonyl (C=O) groups is 1. The molecule has 2 saturated carbocycles. The molecule has 2 nitrogen and oxygen atoms in total. The molecule has 2 fully saturated rings. The van der Waals surface area contributed by atoms with Gasteiger partial charge in [-0.05, 0) is 85.5 Å². The fourth-order valence-corrected chi connectivity index (χ4v) is 6.38. The van der Waals surface area contributed by atoms with Crippen LogP contribution in [0.1, 0.15) is 95.1 Å². The first-order valence-electron chi connectivity index (χ1n) is 13.2. The van der Waals surface area contributed by atoms with E-state index in [2.05, 4.69) is 68.4 Å². The third kappa shape index (κ3) is 5.24. The minimum atomic E-state index is -0.288. The quantitative estimate of drug-likeness (QED) is 0.434. The molecule has 0 aliphatic heterocycles. The average Bonchev–Trinajstić information content (AvgIpc) is 2.86. The van der Waals surface area contributed by atoms with E-state index in [4.69, 9.17) is 0 Å². The summed E-state index contributed by atoms with van der Waals surface area (Å²) < 4.78 is 0. The monoisotopic (exact) mass is 441 g/mol.